The van der Waals surface area contributed by atoms with Crippen LogP contribution in [0.5, 0.6) is 0 Å². The van der Waals surface area contributed by atoms with Gasteiger partial charge in [0.1, 0.15) is 10.2 Å². The zero-order valence-electron chi connectivity index (χ0n) is 10.7. The van der Waals surface area contributed by atoms with Crippen LogP contribution in [0.3, 0.4) is 0 Å². The standard InChI is InChI=1S/C14H11Cl2N3O/c1-19-11-5-3-2-4-10(11)18-13(19)8(7-17)12(20)9-6-14(9,15)16/h2-5,8-9H,6H2,1H3. The van der Waals surface area contributed by atoms with Crippen LogP contribution in [-0.2, 0) is 11.8 Å². The van der Waals surface area contributed by atoms with Gasteiger partial charge in [-0.1, -0.05) is 12.1 Å². The molecule has 1 saturated carbocycles. The minimum absolute atomic E-state index is 0.254. The third kappa shape index (κ3) is 1.98. The van der Waals surface area contributed by atoms with Gasteiger partial charge in [0.15, 0.2) is 11.7 Å². The number of halogens is 2. The molecule has 0 bridgehead atoms. The molecule has 20 heavy (non-hydrogen) atoms. The number of hydrogen-bond acceptors (Lipinski definition) is 3. The minimum atomic E-state index is -1.02. The summed E-state index contributed by atoms with van der Waals surface area (Å²) < 4.78 is 0.754. The third-order valence-electron chi connectivity index (χ3n) is 3.66. The Morgan fingerprint density at radius 3 is 2.75 bits per heavy atom. The second kappa shape index (κ2) is 4.47. The van der Waals surface area contributed by atoms with E-state index in [-0.39, 0.29) is 5.78 Å². The van der Waals surface area contributed by atoms with Gasteiger partial charge in [-0.2, -0.15) is 5.26 Å². The third-order valence-corrected chi connectivity index (χ3v) is 4.50. The molecule has 0 aliphatic heterocycles. The van der Waals surface area contributed by atoms with Crippen LogP contribution in [0.15, 0.2) is 24.3 Å². The van der Waals surface area contributed by atoms with Crippen LogP contribution in [0, 0.1) is 17.2 Å². The van der Waals surface area contributed by atoms with Gasteiger partial charge < -0.3 is 4.57 Å². The fourth-order valence-electron chi connectivity index (χ4n) is 2.39. The van der Waals surface area contributed by atoms with Crippen LogP contribution in [0.4, 0.5) is 0 Å². The molecule has 0 N–H and O–H groups in total. The van der Waals surface area contributed by atoms with Gasteiger partial charge in [0.05, 0.1) is 23.0 Å². The molecule has 6 heteroatoms. The molecule has 0 amide bonds. The smallest absolute Gasteiger partial charge is 0.163 e. The Balaban J connectivity index is 2.02. The number of fused-ring (bicyclic) bond motifs is 1. The maximum atomic E-state index is 12.3. The van der Waals surface area contributed by atoms with E-state index >= 15 is 0 Å². The SMILES string of the molecule is Cn1c(C(C#N)C(=O)C2CC2(Cl)Cl)nc2ccccc21. The monoisotopic (exact) mass is 307 g/mol. The number of Topliss-reactive ketones (excluding diaryl/α,β-unsaturated/α-hetero) is 1. The summed E-state index contributed by atoms with van der Waals surface area (Å²) in [7, 11) is 1.80. The summed E-state index contributed by atoms with van der Waals surface area (Å²) in [5, 5.41) is 9.34. The van der Waals surface area contributed by atoms with Crippen molar-refractivity contribution in [3.63, 3.8) is 0 Å². The molecular formula is C14H11Cl2N3O. The number of para-hydroxylation sites is 2. The van der Waals surface area contributed by atoms with Crippen molar-refractivity contribution in [2.45, 2.75) is 16.7 Å². The molecule has 3 rings (SSSR count). The van der Waals surface area contributed by atoms with Crippen LogP contribution >= 0.6 is 23.2 Å². The lowest BCUT2D eigenvalue weighted by Crippen LogP contribution is -2.19. The number of hydrogen-bond donors (Lipinski definition) is 0. The Hall–Kier alpha value is -1.57. The highest BCUT2D eigenvalue weighted by atomic mass is 35.5. The molecule has 1 aromatic heterocycles. The molecule has 2 atom stereocenters. The molecule has 0 radical (unpaired) electrons. The average Bonchev–Trinajstić information content (AvgIpc) is 2.94. The number of aryl methyl sites for hydroxylation is 1. The number of nitriles is 1. The van der Waals surface area contributed by atoms with Gasteiger partial charge in [0, 0.05) is 7.05 Å². The van der Waals surface area contributed by atoms with E-state index in [1.54, 1.807) is 11.6 Å². The molecular weight excluding hydrogens is 297 g/mol. The number of benzene rings is 1. The van der Waals surface area contributed by atoms with Crippen LogP contribution < -0.4 is 0 Å². The zero-order chi connectivity index (χ0) is 14.5. The Kier molecular flexibility index (Phi) is 3.00. The fourth-order valence-corrected chi connectivity index (χ4v) is 2.92. The molecule has 1 fully saturated rings. The molecule has 0 saturated heterocycles. The predicted molar refractivity (Wildman–Crippen MR) is 76.6 cm³/mol. The first-order valence-corrected chi connectivity index (χ1v) is 6.94. The Labute approximate surface area is 125 Å². The van der Waals surface area contributed by atoms with Gasteiger partial charge in [0.25, 0.3) is 0 Å². The lowest BCUT2D eigenvalue weighted by atomic mass is 10.0. The van der Waals surface area contributed by atoms with Crippen molar-refractivity contribution in [2.24, 2.45) is 13.0 Å². The van der Waals surface area contributed by atoms with Crippen molar-refractivity contribution in [3.8, 4) is 6.07 Å². The summed E-state index contributed by atoms with van der Waals surface area (Å²) >= 11 is 11.8. The lowest BCUT2D eigenvalue weighted by Gasteiger charge is -2.08. The molecule has 1 aliphatic rings. The first-order chi connectivity index (χ1) is 9.45. The van der Waals surface area contributed by atoms with E-state index in [9.17, 15) is 10.1 Å². The average molecular weight is 308 g/mol. The number of ketones is 1. The highest BCUT2D eigenvalue weighted by molar-refractivity contribution is 6.52. The lowest BCUT2D eigenvalue weighted by molar-refractivity contribution is -0.120. The second-order valence-electron chi connectivity index (χ2n) is 5.00. The highest BCUT2D eigenvalue weighted by Crippen LogP contribution is 2.55. The second-order valence-corrected chi connectivity index (χ2v) is 6.54. The van der Waals surface area contributed by atoms with Crippen LogP contribution in [0.2, 0.25) is 0 Å². The number of rotatable bonds is 3. The van der Waals surface area contributed by atoms with Gasteiger partial charge in [-0.15, -0.1) is 23.2 Å². The van der Waals surface area contributed by atoms with Crippen molar-refractivity contribution in [3.05, 3.63) is 30.1 Å². The largest absolute Gasteiger partial charge is 0.330 e. The fraction of sp³-hybridized carbons (Fsp3) is 0.357. The quantitative estimate of drug-likeness (QED) is 0.819. The summed E-state index contributed by atoms with van der Waals surface area (Å²) in [5.41, 5.74) is 1.64. The van der Waals surface area contributed by atoms with E-state index in [2.05, 4.69) is 4.98 Å². The Bertz CT molecular complexity index is 744. The van der Waals surface area contributed by atoms with Crippen molar-refractivity contribution in [2.75, 3.05) is 0 Å². The summed E-state index contributed by atoms with van der Waals surface area (Å²) in [6.07, 6.45) is 0.400. The van der Waals surface area contributed by atoms with E-state index in [1.165, 1.54) is 0 Å². The van der Waals surface area contributed by atoms with E-state index in [0.29, 0.717) is 12.2 Å². The summed E-state index contributed by atoms with van der Waals surface area (Å²) in [5.74, 6) is -1.22. The van der Waals surface area contributed by atoms with E-state index < -0.39 is 16.2 Å². The van der Waals surface area contributed by atoms with Crippen molar-refractivity contribution < 1.29 is 4.79 Å². The zero-order valence-corrected chi connectivity index (χ0v) is 12.2. The number of carbonyl (C=O) groups excluding carboxylic acids is 1. The van der Waals surface area contributed by atoms with Gasteiger partial charge >= 0.3 is 0 Å². The number of nitrogens with zero attached hydrogens (tertiary/aromatic N) is 3. The highest BCUT2D eigenvalue weighted by Gasteiger charge is 2.58. The maximum absolute atomic E-state index is 12.3. The number of aromatic nitrogens is 2. The van der Waals surface area contributed by atoms with Gasteiger partial charge in [-0.3, -0.25) is 4.79 Å². The minimum Gasteiger partial charge on any atom is -0.330 e. The maximum Gasteiger partial charge on any atom is 0.163 e. The van der Waals surface area contributed by atoms with E-state index in [0.717, 1.165) is 11.0 Å². The van der Waals surface area contributed by atoms with Crippen molar-refractivity contribution >= 4 is 40.0 Å². The van der Waals surface area contributed by atoms with E-state index in [1.807, 2.05) is 30.3 Å². The number of imidazole rings is 1. The van der Waals surface area contributed by atoms with Gasteiger partial charge in [0.2, 0.25) is 0 Å². The van der Waals surface area contributed by atoms with Crippen molar-refractivity contribution in [1.82, 2.24) is 9.55 Å². The molecule has 4 nitrogen and oxygen atoms in total. The molecule has 1 aliphatic carbocycles. The summed E-state index contributed by atoms with van der Waals surface area (Å²) in [4.78, 5) is 16.7. The predicted octanol–water partition coefficient (Wildman–Crippen LogP) is 2.94. The summed E-state index contributed by atoms with van der Waals surface area (Å²) in [6, 6.07) is 9.53. The molecule has 2 unspecified atom stereocenters. The van der Waals surface area contributed by atoms with E-state index in [4.69, 9.17) is 23.2 Å². The Morgan fingerprint density at radius 1 is 1.55 bits per heavy atom. The molecule has 1 heterocycles. The van der Waals surface area contributed by atoms with Crippen LogP contribution in [0.1, 0.15) is 18.2 Å². The van der Waals surface area contributed by atoms with Crippen molar-refractivity contribution in [1.29, 1.82) is 5.26 Å². The molecule has 0 spiro atoms. The van der Waals surface area contributed by atoms with Gasteiger partial charge in [-0.25, -0.2) is 4.98 Å². The molecule has 2 aromatic rings. The number of carbonyl (C=O) groups is 1. The van der Waals surface area contributed by atoms with Crippen LogP contribution in [0.25, 0.3) is 11.0 Å². The normalized spacial score (nSPS) is 21.4. The van der Waals surface area contributed by atoms with Crippen LogP contribution in [-0.4, -0.2) is 19.7 Å². The topological polar surface area (TPSA) is 58.7 Å². The first kappa shape index (κ1) is 13.4. The summed E-state index contributed by atoms with van der Waals surface area (Å²) in [6.45, 7) is 0. The Morgan fingerprint density at radius 2 is 2.20 bits per heavy atom. The number of alkyl halides is 2. The molecule has 102 valence electrons. The first-order valence-electron chi connectivity index (χ1n) is 6.18. The van der Waals surface area contributed by atoms with Gasteiger partial charge in [-0.05, 0) is 18.6 Å². The molecule has 1 aromatic carbocycles.